The fraction of sp³-hybridized carbons (Fsp3) is 0.529. The highest BCUT2D eigenvalue weighted by molar-refractivity contribution is 7.98. The second kappa shape index (κ2) is 11.8. The summed E-state index contributed by atoms with van der Waals surface area (Å²) in [5, 5.41) is 2.83. The number of esters is 1. The third-order valence-electron chi connectivity index (χ3n) is 2.93. The highest BCUT2D eigenvalue weighted by Crippen LogP contribution is 2.18. The van der Waals surface area contributed by atoms with Crippen molar-refractivity contribution in [2.24, 2.45) is 0 Å². The maximum absolute atomic E-state index is 11.7. The number of amides is 1. The van der Waals surface area contributed by atoms with Gasteiger partial charge < -0.3 is 19.5 Å². The molecule has 1 aromatic carbocycles. The summed E-state index contributed by atoms with van der Waals surface area (Å²) in [6.07, 6.45) is 1.96. The number of ether oxygens (including phenoxy) is 3. The van der Waals surface area contributed by atoms with E-state index in [-0.39, 0.29) is 25.1 Å². The van der Waals surface area contributed by atoms with Crippen molar-refractivity contribution < 1.29 is 23.8 Å². The predicted octanol–water partition coefficient (Wildman–Crippen LogP) is 2.73. The van der Waals surface area contributed by atoms with Crippen LogP contribution in [0.15, 0.2) is 24.3 Å². The number of hydrogen-bond acceptors (Lipinski definition) is 6. The van der Waals surface area contributed by atoms with Gasteiger partial charge in [-0.2, -0.15) is 11.8 Å². The van der Waals surface area contributed by atoms with Gasteiger partial charge in [-0.15, -0.1) is 0 Å². The first kappa shape index (κ1) is 20.3. The summed E-state index contributed by atoms with van der Waals surface area (Å²) in [5.74, 6) is 0.962. The van der Waals surface area contributed by atoms with Gasteiger partial charge in [-0.3, -0.25) is 9.59 Å². The lowest BCUT2D eigenvalue weighted by molar-refractivity contribution is -0.151. The minimum atomic E-state index is -0.470. The molecule has 1 N–H and O–H groups in total. The zero-order valence-corrected chi connectivity index (χ0v) is 15.2. The summed E-state index contributed by atoms with van der Waals surface area (Å²) >= 11 is 1.63. The van der Waals surface area contributed by atoms with Crippen LogP contribution >= 0.6 is 11.8 Å². The Hall–Kier alpha value is -1.73. The van der Waals surface area contributed by atoms with E-state index in [0.29, 0.717) is 24.5 Å². The van der Waals surface area contributed by atoms with Crippen LogP contribution in [0.5, 0.6) is 5.75 Å². The molecule has 0 saturated heterocycles. The molecule has 1 aromatic rings. The van der Waals surface area contributed by atoms with Gasteiger partial charge in [0.05, 0.1) is 6.61 Å². The smallest absolute Gasteiger partial charge is 0.303 e. The van der Waals surface area contributed by atoms with E-state index in [4.69, 9.17) is 14.2 Å². The Morgan fingerprint density at radius 3 is 2.75 bits per heavy atom. The van der Waals surface area contributed by atoms with E-state index in [1.807, 2.05) is 13.2 Å². The molecule has 1 unspecified atom stereocenters. The van der Waals surface area contributed by atoms with Gasteiger partial charge in [-0.05, 0) is 25.3 Å². The van der Waals surface area contributed by atoms with Gasteiger partial charge in [-0.1, -0.05) is 6.07 Å². The molecule has 1 atom stereocenters. The summed E-state index contributed by atoms with van der Waals surface area (Å²) < 4.78 is 16.1. The van der Waals surface area contributed by atoms with Crippen LogP contribution in [0.3, 0.4) is 0 Å². The van der Waals surface area contributed by atoms with Crippen molar-refractivity contribution in [3.63, 3.8) is 0 Å². The van der Waals surface area contributed by atoms with Crippen LogP contribution in [0.25, 0.3) is 0 Å². The van der Waals surface area contributed by atoms with Crippen LogP contribution in [0.1, 0.15) is 20.3 Å². The first-order valence-electron chi connectivity index (χ1n) is 7.81. The predicted molar refractivity (Wildman–Crippen MR) is 95.6 cm³/mol. The number of nitrogens with one attached hydrogen (secondary N) is 1. The molecule has 0 heterocycles. The lowest BCUT2D eigenvalue weighted by atomic mass is 10.3. The lowest BCUT2D eigenvalue weighted by Crippen LogP contribution is -2.29. The van der Waals surface area contributed by atoms with Gasteiger partial charge in [0.15, 0.2) is 6.10 Å². The first-order chi connectivity index (χ1) is 11.5. The molecule has 134 valence electrons. The minimum absolute atomic E-state index is 0.0318. The van der Waals surface area contributed by atoms with Crippen molar-refractivity contribution in [2.75, 3.05) is 37.1 Å². The highest BCUT2D eigenvalue weighted by atomic mass is 32.2. The molecule has 0 saturated carbocycles. The molecule has 0 fully saturated rings. The van der Waals surface area contributed by atoms with E-state index in [1.54, 1.807) is 36.0 Å². The molecule has 0 radical (unpaired) electrons. The second-order valence-corrected chi connectivity index (χ2v) is 6.01. The highest BCUT2D eigenvalue weighted by Gasteiger charge is 2.13. The van der Waals surface area contributed by atoms with Crippen LogP contribution < -0.4 is 10.1 Å². The van der Waals surface area contributed by atoms with Crippen LogP contribution in [-0.4, -0.2) is 49.8 Å². The minimum Gasteiger partial charge on any atom is -0.490 e. The van der Waals surface area contributed by atoms with E-state index in [9.17, 15) is 9.59 Å². The molecule has 0 bridgehead atoms. The molecule has 6 nitrogen and oxygen atoms in total. The fourth-order valence-electron chi connectivity index (χ4n) is 1.87. The van der Waals surface area contributed by atoms with Gasteiger partial charge >= 0.3 is 5.97 Å². The number of benzene rings is 1. The molecule has 0 spiro atoms. The molecular formula is C17H25NO5S. The van der Waals surface area contributed by atoms with Gasteiger partial charge in [0, 0.05) is 37.5 Å². The molecule has 0 aliphatic heterocycles. The second-order valence-electron chi connectivity index (χ2n) is 5.02. The number of rotatable bonds is 11. The van der Waals surface area contributed by atoms with Crippen LogP contribution in [0.4, 0.5) is 5.69 Å². The number of thioether (sulfide) groups is 1. The van der Waals surface area contributed by atoms with Gasteiger partial charge in [0.25, 0.3) is 0 Å². The van der Waals surface area contributed by atoms with Crippen molar-refractivity contribution in [3.05, 3.63) is 24.3 Å². The third-order valence-corrected chi connectivity index (χ3v) is 3.54. The molecule has 0 aliphatic carbocycles. The Labute approximate surface area is 147 Å². The van der Waals surface area contributed by atoms with E-state index in [0.717, 1.165) is 5.75 Å². The SMILES string of the molecule is CCOCC(COc1cccc(NC(=O)CCSC)c1)OC(C)=O. The molecule has 1 rings (SSSR count). The molecule has 7 heteroatoms. The molecule has 24 heavy (non-hydrogen) atoms. The summed E-state index contributed by atoms with van der Waals surface area (Å²) in [7, 11) is 0. The summed E-state index contributed by atoms with van der Waals surface area (Å²) in [6.45, 7) is 4.22. The third kappa shape index (κ3) is 8.79. The van der Waals surface area contributed by atoms with Gasteiger partial charge in [0.2, 0.25) is 5.91 Å². The Bertz CT molecular complexity index is 523. The van der Waals surface area contributed by atoms with Crippen molar-refractivity contribution in [1.29, 1.82) is 0 Å². The zero-order chi connectivity index (χ0) is 17.8. The van der Waals surface area contributed by atoms with E-state index < -0.39 is 6.10 Å². The van der Waals surface area contributed by atoms with Crippen LogP contribution in [-0.2, 0) is 19.1 Å². The number of hydrogen-bond donors (Lipinski definition) is 1. The maximum atomic E-state index is 11.7. The maximum Gasteiger partial charge on any atom is 0.303 e. The van der Waals surface area contributed by atoms with E-state index >= 15 is 0 Å². The van der Waals surface area contributed by atoms with Gasteiger partial charge in [0.1, 0.15) is 12.4 Å². The largest absolute Gasteiger partial charge is 0.490 e. The lowest BCUT2D eigenvalue weighted by Gasteiger charge is -2.17. The molecule has 0 aromatic heterocycles. The Kier molecular flexibility index (Phi) is 9.95. The normalized spacial score (nSPS) is 11.6. The average Bonchev–Trinajstić information content (AvgIpc) is 2.55. The molecular weight excluding hydrogens is 330 g/mol. The number of anilines is 1. The van der Waals surface area contributed by atoms with Crippen LogP contribution in [0, 0.1) is 0 Å². The van der Waals surface area contributed by atoms with Crippen molar-refractivity contribution in [3.8, 4) is 5.75 Å². The van der Waals surface area contributed by atoms with Crippen LogP contribution in [0.2, 0.25) is 0 Å². The van der Waals surface area contributed by atoms with E-state index in [1.165, 1.54) is 6.92 Å². The summed E-state index contributed by atoms with van der Waals surface area (Å²) in [6, 6.07) is 7.11. The Morgan fingerprint density at radius 2 is 2.08 bits per heavy atom. The number of carbonyl (C=O) groups excluding carboxylic acids is 2. The van der Waals surface area contributed by atoms with E-state index in [2.05, 4.69) is 5.32 Å². The van der Waals surface area contributed by atoms with Crippen molar-refractivity contribution in [1.82, 2.24) is 0 Å². The van der Waals surface area contributed by atoms with Crippen molar-refractivity contribution >= 4 is 29.3 Å². The standard InChI is InChI=1S/C17H25NO5S/c1-4-21-11-16(23-13(2)19)12-22-15-7-5-6-14(10-15)18-17(20)8-9-24-3/h5-7,10,16H,4,8-9,11-12H2,1-3H3,(H,18,20). The zero-order valence-electron chi connectivity index (χ0n) is 14.4. The quantitative estimate of drug-likeness (QED) is 0.615. The Balaban J connectivity index is 2.55. The molecule has 1 amide bonds. The topological polar surface area (TPSA) is 73.9 Å². The fourth-order valence-corrected chi connectivity index (χ4v) is 2.26. The number of carbonyl (C=O) groups is 2. The summed E-state index contributed by atoms with van der Waals surface area (Å²) in [5.41, 5.74) is 0.674. The van der Waals surface area contributed by atoms with Crippen molar-refractivity contribution in [2.45, 2.75) is 26.4 Å². The summed E-state index contributed by atoms with van der Waals surface area (Å²) in [4.78, 5) is 22.9. The van der Waals surface area contributed by atoms with Gasteiger partial charge in [-0.25, -0.2) is 0 Å². The Morgan fingerprint density at radius 1 is 1.29 bits per heavy atom. The monoisotopic (exact) mass is 355 g/mol. The molecule has 0 aliphatic rings. The first-order valence-corrected chi connectivity index (χ1v) is 9.21. The average molecular weight is 355 g/mol.